The van der Waals surface area contributed by atoms with E-state index < -0.39 is 5.41 Å². The van der Waals surface area contributed by atoms with Gasteiger partial charge in [0.1, 0.15) is 5.41 Å². The number of hydrogen-bond donors (Lipinski definition) is 1. The first-order valence-corrected chi connectivity index (χ1v) is 6.64. The molecule has 0 unspecified atom stereocenters. The van der Waals surface area contributed by atoms with E-state index in [0.29, 0.717) is 12.5 Å². The van der Waals surface area contributed by atoms with Crippen LogP contribution in [0.3, 0.4) is 0 Å². The Kier molecular flexibility index (Phi) is 3.40. The third kappa shape index (κ3) is 2.45. The van der Waals surface area contributed by atoms with E-state index >= 15 is 0 Å². The van der Waals surface area contributed by atoms with Crippen LogP contribution in [0.2, 0.25) is 0 Å². The number of nitrogens with zero attached hydrogens (tertiary/aromatic N) is 1. The standard InChI is InChI=1S/C13H22N2O2/c1-10(2)9-14-11(16)13(5-6-13)12(17)15-7-3-4-8-15/h10H,3-9H2,1-2H3,(H,14,16). The zero-order chi connectivity index (χ0) is 12.5. The van der Waals surface area contributed by atoms with Crippen molar-refractivity contribution in [2.45, 2.75) is 39.5 Å². The highest BCUT2D eigenvalue weighted by Gasteiger charge is 2.58. The fourth-order valence-electron chi connectivity index (χ4n) is 2.35. The van der Waals surface area contributed by atoms with Gasteiger partial charge in [-0.1, -0.05) is 13.8 Å². The van der Waals surface area contributed by atoms with E-state index in [2.05, 4.69) is 19.2 Å². The summed E-state index contributed by atoms with van der Waals surface area (Å²) in [6.45, 7) is 6.44. The minimum absolute atomic E-state index is 0.0527. The number of carbonyl (C=O) groups is 2. The molecule has 0 bridgehead atoms. The van der Waals surface area contributed by atoms with Gasteiger partial charge in [-0.3, -0.25) is 9.59 Å². The Morgan fingerprint density at radius 3 is 2.29 bits per heavy atom. The summed E-state index contributed by atoms with van der Waals surface area (Å²) in [4.78, 5) is 26.2. The number of likely N-dealkylation sites (tertiary alicyclic amines) is 1. The average Bonchev–Trinajstić information content (AvgIpc) is 2.93. The Labute approximate surface area is 103 Å². The van der Waals surface area contributed by atoms with Crippen molar-refractivity contribution in [1.29, 1.82) is 0 Å². The summed E-state index contributed by atoms with van der Waals surface area (Å²) in [7, 11) is 0. The summed E-state index contributed by atoms with van der Waals surface area (Å²) >= 11 is 0. The maximum atomic E-state index is 12.3. The lowest BCUT2D eigenvalue weighted by Crippen LogP contribution is -2.45. The van der Waals surface area contributed by atoms with E-state index in [4.69, 9.17) is 0 Å². The van der Waals surface area contributed by atoms with E-state index in [9.17, 15) is 9.59 Å². The van der Waals surface area contributed by atoms with Gasteiger partial charge in [-0.15, -0.1) is 0 Å². The maximum Gasteiger partial charge on any atom is 0.238 e. The van der Waals surface area contributed by atoms with Crippen LogP contribution in [0, 0.1) is 11.3 Å². The van der Waals surface area contributed by atoms with Gasteiger partial charge in [-0.05, 0) is 31.6 Å². The smallest absolute Gasteiger partial charge is 0.238 e. The van der Waals surface area contributed by atoms with E-state index in [-0.39, 0.29) is 11.8 Å². The first-order valence-electron chi connectivity index (χ1n) is 6.64. The quantitative estimate of drug-likeness (QED) is 0.747. The predicted molar refractivity (Wildman–Crippen MR) is 65.3 cm³/mol. The zero-order valence-electron chi connectivity index (χ0n) is 10.8. The molecule has 0 aromatic heterocycles. The molecule has 2 fully saturated rings. The Morgan fingerprint density at radius 1 is 1.24 bits per heavy atom. The third-order valence-electron chi connectivity index (χ3n) is 3.66. The molecule has 2 rings (SSSR count). The molecule has 2 amide bonds. The normalized spacial score (nSPS) is 21.7. The molecular formula is C13H22N2O2. The molecule has 0 spiro atoms. The summed E-state index contributed by atoms with van der Waals surface area (Å²) in [5.74, 6) is 0.441. The maximum absolute atomic E-state index is 12.3. The fraction of sp³-hybridized carbons (Fsp3) is 0.846. The number of hydrogen-bond acceptors (Lipinski definition) is 2. The second kappa shape index (κ2) is 4.67. The van der Waals surface area contributed by atoms with Gasteiger partial charge in [0.05, 0.1) is 0 Å². The highest BCUT2D eigenvalue weighted by Crippen LogP contribution is 2.47. The van der Waals surface area contributed by atoms with Gasteiger partial charge in [0.15, 0.2) is 0 Å². The van der Waals surface area contributed by atoms with E-state index in [1.54, 1.807) is 0 Å². The predicted octanol–water partition coefficient (Wildman–Crippen LogP) is 1.16. The Balaban J connectivity index is 1.93. The van der Waals surface area contributed by atoms with Crippen LogP contribution in [0.25, 0.3) is 0 Å². The molecule has 1 heterocycles. The molecule has 1 saturated heterocycles. The first kappa shape index (κ1) is 12.4. The molecule has 0 aromatic carbocycles. The average molecular weight is 238 g/mol. The molecule has 96 valence electrons. The van der Waals surface area contributed by atoms with Gasteiger partial charge in [-0.25, -0.2) is 0 Å². The first-order chi connectivity index (χ1) is 8.06. The van der Waals surface area contributed by atoms with Gasteiger partial charge >= 0.3 is 0 Å². The van der Waals surface area contributed by atoms with Crippen LogP contribution in [0.5, 0.6) is 0 Å². The lowest BCUT2D eigenvalue weighted by molar-refractivity contribution is -0.143. The molecule has 1 saturated carbocycles. The lowest BCUT2D eigenvalue weighted by atomic mass is 10.0. The van der Waals surface area contributed by atoms with Crippen LogP contribution in [-0.4, -0.2) is 36.3 Å². The lowest BCUT2D eigenvalue weighted by Gasteiger charge is -2.22. The monoisotopic (exact) mass is 238 g/mol. The molecule has 0 aromatic rings. The van der Waals surface area contributed by atoms with Crippen LogP contribution in [0.1, 0.15) is 39.5 Å². The van der Waals surface area contributed by atoms with Gasteiger partial charge in [0, 0.05) is 19.6 Å². The molecule has 4 nitrogen and oxygen atoms in total. The second-order valence-corrected chi connectivity index (χ2v) is 5.69. The Bertz CT molecular complexity index is 315. The summed E-state index contributed by atoms with van der Waals surface area (Å²) in [5, 5.41) is 2.90. The summed E-state index contributed by atoms with van der Waals surface area (Å²) in [6, 6.07) is 0. The summed E-state index contributed by atoms with van der Waals surface area (Å²) < 4.78 is 0. The Hall–Kier alpha value is -1.06. The van der Waals surface area contributed by atoms with Gasteiger partial charge in [-0.2, -0.15) is 0 Å². The largest absolute Gasteiger partial charge is 0.355 e. The van der Waals surface area contributed by atoms with Gasteiger partial charge in [0.2, 0.25) is 11.8 Å². The summed E-state index contributed by atoms with van der Waals surface area (Å²) in [6.07, 6.45) is 3.61. The number of amides is 2. The van der Waals surface area contributed by atoms with Crippen molar-refractivity contribution in [3.8, 4) is 0 Å². The van der Waals surface area contributed by atoms with Gasteiger partial charge in [0.25, 0.3) is 0 Å². The molecule has 17 heavy (non-hydrogen) atoms. The zero-order valence-corrected chi connectivity index (χ0v) is 10.8. The fourth-order valence-corrected chi connectivity index (χ4v) is 2.35. The molecule has 2 aliphatic rings. The number of rotatable bonds is 4. The third-order valence-corrected chi connectivity index (χ3v) is 3.66. The van der Waals surface area contributed by atoms with Crippen LogP contribution in [0.15, 0.2) is 0 Å². The minimum Gasteiger partial charge on any atom is -0.355 e. The SMILES string of the molecule is CC(C)CNC(=O)C1(C(=O)N2CCCC2)CC1. The van der Waals surface area contributed by atoms with Crippen molar-refractivity contribution in [1.82, 2.24) is 10.2 Å². The van der Waals surface area contributed by atoms with E-state index in [1.807, 2.05) is 4.90 Å². The summed E-state index contributed by atoms with van der Waals surface area (Å²) in [5.41, 5.74) is -0.695. The highest BCUT2D eigenvalue weighted by atomic mass is 16.2. The van der Waals surface area contributed by atoms with Crippen molar-refractivity contribution in [2.24, 2.45) is 11.3 Å². The number of nitrogens with one attached hydrogen (secondary N) is 1. The topological polar surface area (TPSA) is 49.4 Å². The van der Waals surface area contributed by atoms with Crippen LogP contribution in [-0.2, 0) is 9.59 Å². The molecule has 4 heteroatoms. The Morgan fingerprint density at radius 2 is 1.82 bits per heavy atom. The van der Waals surface area contributed by atoms with Crippen molar-refractivity contribution in [3.63, 3.8) is 0 Å². The van der Waals surface area contributed by atoms with Crippen LogP contribution in [0.4, 0.5) is 0 Å². The number of carbonyl (C=O) groups excluding carboxylic acids is 2. The second-order valence-electron chi connectivity index (χ2n) is 5.69. The molecule has 1 N–H and O–H groups in total. The van der Waals surface area contributed by atoms with Crippen molar-refractivity contribution < 1.29 is 9.59 Å². The van der Waals surface area contributed by atoms with E-state index in [0.717, 1.165) is 38.8 Å². The van der Waals surface area contributed by atoms with E-state index in [1.165, 1.54) is 0 Å². The van der Waals surface area contributed by atoms with Crippen LogP contribution < -0.4 is 5.32 Å². The minimum atomic E-state index is -0.695. The van der Waals surface area contributed by atoms with Crippen molar-refractivity contribution in [2.75, 3.05) is 19.6 Å². The molecule has 1 aliphatic carbocycles. The van der Waals surface area contributed by atoms with Gasteiger partial charge < -0.3 is 10.2 Å². The van der Waals surface area contributed by atoms with Crippen molar-refractivity contribution in [3.05, 3.63) is 0 Å². The molecule has 0 atom stereocenters. The highest BCUT2D eigenvalue weighted by molar-refractivity contribution is 6.07. The van der Waals surface area contributed by atoms with Crippen molar-refractivity contribution >= 4 is 11.8 Å². The molecule has 0 radical (unpaired) electrons. The van der Waals surface area contributed by atoms with Crippen LogP contribution >= 0.6 is 0 Å². The molecule has 1 aliphatic heterocycles. The molecular weight excluding hydrogens is 216 g/mol.